The van der Waals surface area contributed by atoms with Gasteiger partial charge in [0.05, 0.1) is 5.69 Å². The molecule has 17 heavy (non-hydrogen) atoms. The predicted octanol–water partition coefficient (Wildman–Crippen LogP) is 2.03. The summed E-state index contributed by atoms with van der Waals surface area (Å²) in [6.45, 7) is 3.39. The van der Waals surface area contributed by atoms with Crippen molar-refractivity contribution < 1.29 is 9.23 Å². The first-order chi connectivity index (χ1) is 8.00. The topological polar surface area (TPSA) is 52.3 Å². The van der Waals surface area contributed by atoms with Gasteiger partial charge in [-0.15, -0.1) is 11.8 Å². The first kappa shape index (κ1) is 12.3. The maximum atomic E-state index is 12.6. The lowest BCUT2D eigenvalue weighted by atomic mass is 10.1. The molecule has 0 aliphatic carbocycles. The second kappa shape index (κ2) is 4.64. The summed E-state index contributed by atoms with van der Waals surface area (Å²) in [5.74, 6) is 0.575. The molecule has 1 aromatic heterocycles. The van der Waals surface area contributed by atoms with Crippen molar-refractivity contribution in [2.45, 2.75) is 38.3 Å². The van der Waals surface area contributed by atoms with E-state index in [-0.39, 0.29) is 5.60 Å². The van der Waals surface area contributed by atoms with Gasteiger partial charge in [-0.2, -0.15) is 15.0 Å². The molecular formula is C10H15FN4OS. The van der Waals surface area contributed by atoms with E-state index in [0.717, 1.165) is 11.5 Å². The van der Waals surface area contributed by atoms with Gasteiger partial charge in [0, 0.05) is 19.2 Å². The van der Waals surface area contributed by atoms with E-state index >= 15 is 0 Å². The summed E-state index contributed by atoms with van der Waals surface area (Å²) in [5, 5.41) is 13.0. The fourth-order valence-corrected chi connectivity index (χ4v) is 2.60. The van der Waals surface area contributed by atoms with Crippen LogP contribution in [0.4, 0.5) is 4.39 Å². The third-order valence-corrected chi connectivity index (χ3v) is 3.31. The lowest BCUT2D eigenvalue weighted by molar-refractivity contribution is 0.0123. The van der Waals surface area contributed by atoms with Gasteiger partial charge in [0.2, 0.25) is 0 Å². The van der Waals surface area contributed by atoms with Gasteiger partial charge >= 0.3 is 0 Å². The minimum Gasteiger partial charge on any atom is -0.389 e. The van der Waals surface area contributed by atoms with Crippen LogP contribution in [-0.2, 0) is 24.3 Å². The molecule has 5 nitrogen and oxygen atoms in total. The number of alkyl halides is 1. The number of hydrogen-bond acceptors (Lipinski definition) is 5. The zero-order valence-corrected chi connectivity index (χ0v) is 10.9. The van der Waals surface area contributed by atoms with Crippen molar-refractivity contribution in [1.29, 1.82) is 0 Å². The average molecular weight is 258 g/mol. The molecule has 0 unspecified atom stereocenters. The number of hydrogen-bond donors (Lipinski definition) is 0. The summed E-state index contributed by atoms with van der Waals surface area (Å²) < 4.78 is 12.6. The van der Waals surface area contributed by atoms with E-state index in [4.69, 9.17) is 4.84 Å². The van der Waals surface area contributed by atoms with Crippen LogP contribution in [0.2, 0.25) is 0 Å². The van der Waals surface area contributed by atoms with Crippen molar-refractivity contribution in [2.24, 2.45) is 12.2 Å². The van der Waals surface area contributed by atoms with Crippen LogP contribution in [0.1, 0.15) is 31.7 Å². The van der Waals surface area contributed by atoms with Crippen LogP contribution in [0.3, 0.4) is 0 Å². The van der Waals surface area contributed by atoms with E-state index in [0.29, 0.717) is 17.1 Å². The fourth-order valence-electron chi connectivity index (χ4n) is 1.54. The Kier molecular flexibility index (Phi) is 3.37. The minimum absolute atomic E-state index is 0.229. The normalized spacial score (nSPS) is 18.0. The molecule has 1 aromatic rings. The molecule has 0 aromatic carbocycles. The van der Waals surface area contributed by atoms with Gasteiger partial charge in [-0.05, 0) is 13.8 Å². The highest BCUT2D eigenvalue weighted by Crippen LogP contribution is 2.29. The summed E-state index contributed by atoms with van der Waals surface area (Å²) in [5.41, 5.74) is 0.847. The summed E-state index contributed by atoms with van der Waals surface area (Å²) in [6.07, 6.45) is 0.781. The number of rotatable bonds is 3. The molecule has 0 bridgehead atoms. The van der Waals surface area contributed by atoms with Gasteiger partial charge in [-0.3, -0.25) is 0 Å². The van der Waals surface area contributed by atoms with E-state index in [2.05, 4.69) is 15.4 Å². The number of aryl methyl sites for hydroxylation is 1. The Morgan fingerprint density at radius 1 is 1.41 bits per heavy atom. The minimum atomic E-state index is -0.585. The summed E-state index contributed by atoms with van der Waals surface area (Å²) in [6, 6.07) is 0. The van der Waals surface area contributed by atoms with Crippen LogP contribution in [0.5, 0.6) is 0 Å². The second-order valence-corrected chi connectivity index (χ2v) is 5.57. The fraction of sp³-hybridized carbons (Fsp3) is 0.700. The van der Waals surface area contributed by atoms with Crippen molar-refractivity contribution in [2.75, 3.05) is 0 Å². The largest absolute Gasteiger partial charge is 0.389 e. The molecule has 2 heterocycles. The molecule has 1 aliphatic rings. The number of nitrogens with zero attached hydrogens (tertiary/aromatic N) is 4. The predicted molar refractivity (Wildman–Crippen MR) is 64.3 cm³/mol. The van der Waals surface area contributed by atoms with Gasteiger partial charge in [-0.1, -0.05) is 5.16 Å². The van der Waals surface area contributed by atoms with E-state index in [9.17, 15) is 4.39 Å². The van der Waals surface area contributed by atoms with Gasteiger partial charge in [-0.25, -0.2) is 4.39 Å². The lowest BCUT2D eigenvalue weighted by Gasteiger charge is -2.12. The van der Waals surface area contributed by atoms with E-state index in [1.165, 1.54) is 16.6 Å². The first-order valence-corrected chi connectivity index (χ1v) is 6.31. The molecule has 0 amide bonds. The Bertz CT molecular complexity index is 444. The maximum Gasteiger partial charge on any atom is 0.138 e. The SMILES string of the molecule is Cn1nc(CF)c(CSC2=NOC(C)(C)C2)n1. The monoisotopic (exact) mass is 258 g/mol. The van der Waals surface area contributed by atoms with Crippen molar-refractivity contribution in [3.8, 4) is 0 Å². The summed E-state index contributed by atoms with van der Waals surface area (Å²) >= 11 is 1.52. The van der Waals surface area contributed by atoms with Crippen LogP contribution < -0.4 is 0 Å². The molecule has 2 rings (SSSR count). The molecule has 0 spiro atoms. The van der Waals surface area contributed by atoms with Crippen LogP contribution in [-0.4, -0.2) is 25.6 Å². The number of oxime groups is 1. The molecule has 0 saturated heterocycles. The smallest absolute Gasteiger partial charge is 0.138 e. The highest BCUT2D eigenvalue weighted by molar-refractivity contribution is 8.13. The summed E-state index contributed by atoms with van der Waals surface area (Å²) in [4.78, 5) is 6.65. The standard InChI is InChI=1S/C10H15FN4OS/c1-10(2)4-9(14-16-10)17-6-8-7(5-11)12-15(3)13-8/h4-6H2,1-3H3. The Labute approximate surface area is 103 Å². The second-order valence-electron chi connectivity index (χ2n) is 4.52. The maximum absolute atomic E-state index is 12.6. The molecule has 1 aliphatic heterocycles. The van der Waals surface area contributed by atoms with Gasteiger partial charge in [0.1, 0.15) is 23.0 Å². The van der Waals surface area contributed by atoms with E-state index in [1.807, 2.05) is 13.8 Å². The van der Waals surface area contributed by atoms with E-state index in [1.54, 1.807) is 7.05 Å². The highest BCUT2D eigenvalue weighted by Gasteiger charge is 2.29. The zero-order valence-electron chi connectivity index (χ0n) is 10.1. The highest BCUT2D eigenvalue weighted by atomic mass is 32.2. The number of thioether (sulfide) groups is 1. The van der Waals surface area contributed by atoms with Gasteiger partial charge < -0.3 is 4.84 Å². The Morgan fingerprint density at radius 3 is 2.71 bits per heavy atom. The van der Waals surface area contributed by atoms with Crippen LogP contribution in [0, 0.1) is 0 Å². The first-order valence-electron chi connectivity index (χ1n) is 5.33. The average Bonchev–Trinajstić information content (AvgIpc) is 2.78. The summed E-state index contributed by atoms with van der Waals surface area (Å²) in [7, 11) is 1.69. The van der Waals surface area contributed by atoms with Gasteiger partial charge in [0.25, 0.3) is 0 Å². The zero-order chi connectivity index (χ0) is 12.5. The van der Waals surface area contributed by atoms with Crippen LogP contribution >= 0.6 is 11.8 Å². The third-order valence-electron chi connectivity index (χ3n) is 2.34. The van der Waals surface area contributed by atoms with Crippen molar-refractivity contribution in [3.63, 3.8) is 0 Å². The Balaban J connectivity index is 1.94. The quantitative estimate of drug-likeness (QED) is 0.832. The van der Waals surface area contributed by atoms with Crippen molar-refractivity contribution in [1.82, 2.24) is 15.0 Å². The molecule has 0 atom stereocenters. The number of aromatic nitrogens is 3. The lowest BCUT2D eigenvalue weighted by Crippen LogP contribution is -2.18. The Hall–Kier alpha value is -1.11. The molecular weight excluding hydrogens is 243 g/mol. The molecule has 0 N–H and O–H groups in total. The molecule has 7 heteroatoms. The number of halogens is 1. The third kappa shape index (κ3) is 2.96. The molecule has 0 radical (unpaired) electrons. The van der Waals surface area contributed by atoms with Crippen LogP contribution in [0.15, 0.2) is 5.16 Å². The van der Waals surface area contributed by atoms with E-state index < -0.39 is 6.67 Å². The Morgan fingerprint density at radius 2 is 2.12 bits per heavy atom. The molecule has 0 saturated carbocycles. The molecule has 94 valence electrons. The van der Waals surface area contributed by atoms with Crippen molar-refractivity contribution >= 4 is 16.8 Å². The molecule has 0 fully saturated rings. The van der Waals surface area contributed by atoms with Crippen molar-refractivity contribution in [3.05, 3.63) is 11.4 Å². The van der Waals surface area contributed by atoms with Crippen LogP contribution in [0.25, 0.3) is 0 Å². The van der Waals surface area contributed by atoms with Gasteiger partial charge in [0.15, 0.2) is 0 Å².